The minimum Gasteiger partial charge on any atom is -0.341 e. The molecule has 360 valence electrons. The van der Waals surface area contributed by atoms with E-state index in [0.717, 1.165) is 83.5 Å². The normalized spacial score (nSPS) is 28.5. The zero-order chi connectivity index (χ0) is 45.4. The summed E-state index contributed by atoms with van der Waals surface area (Å²) < 4.78 is 0. The molecule has 5 heterocycles. The molecule has 0 bridgehead atoms. The van der Waals surface area contributed by atoms with Crippen molar-refractivity contribution in [2.24, 2.45) is 40.9 Å². The highest BCUT2D eigenvalue weighted by Crippen LogP contribution is 2.51. The van der Waals surface area contributed by atoms with Crippen LogP contribution in [-0.2, 0) is 19.2 Å². The molecule has 5 saturated heterocycles. The first kappa shape index (κ1) is 50.1. The molecule has 1 aliphatic carbocycles. The summed E-state index contributed by atoms with van der Waals surface area (Å²) >= 11 is 0. The van der Waals surface area contributed by atoms with Gasteiger partial charge in [0, 0.05) is 64.9 Å². The molecule has 1 saturated carbocycles. The fraction of sp³-hybridized carbons (Fsp3) is 0.922. The summed E-state index contributed by atoms with van der Waals surface area (Å²) in [5.74, 6) is 3.14. The molecule has 6 aliphatic rings. The Labute approximate surface area is 383 Å². The zero-order valence-electron chi connectivity index (χ0n) is 41.6. The number of piperazine rings is 2. The van der Waals surface area contributed by atoms with E-state index in [-0.39, 0.29) is 47.5 Å². The van der Waals surface area contributed by atoms with Crippen LogP contribution < -0.4 is 10.6 Å². The van der Waals surface area contributed by atoms with Crippen LogP contribution in [0.1, 0.15) is 145 Å². The van der Waals surface area contributed by atoms with Crippen LogP contribution in [0.2, 0.25) is 0 Å². The van der Waals surface area contributed by atoms with E-state index < -0.39 is 12.1 Å². The molecule has 6 fully saturated rings. The van der Waals surface area contributed by atoms with E-state index in [9.17, 15) is 19.2 Å². The van der Waals surface area contributed by atoms with Crippen molar-refractivity contribution in [3.63, 3.8) is 0 Å². The molecule has 6 rings (SSSR count). The van der Waals surface area contributed by atoms with Crippen molar-refractivity contribution in [2.45, 2.75) is 175 Å². The predicted octanol–water partition coefficient (Wildman–Crippen LogP) is 5.94. The molecule has 63 heavy (non-hydrogen) atoms. The third kappa shape index (κ3) is 13.0. The van der Waals surface area contributed by atoms with Gasteiger partial charge >= 0.3 is 0 Å². The summed E-state index contributed by atoms with van der Waals surface area (Å²) in [6.45, 7) is 24.9. The average Bonchev–Trinajstić information content (AvgIpc) is 3.24. The van der Waals surface area contributed by atoms with Gasteiger partial charge in [0.25, 0.3) is 0 Å². The van der Waals surface area contributed by atoms with Crippen molar-refractivity contribution in [3.8, 4) is 0 Å². The first-order valence-electron chi connectivity index (χ1n) is 26.1. The number of carbonyl (C=O) groups is 4. The predicted molar refractivity (Wildman–Crippen MR) is 254 cm³/mol. The lowest BCUT2D eigenvalue weighted by Gasteiger charge is -2.56. The summed E-state index contributed by atoms with van der Waals surface area (Å²) in [5, 5.41) is 7.00. The number of carbonyl (C=O) groups excluding carboxylic acids is 4. The van der Waals surface area contributed by atoms with Crippen molar-refractivity contribution in [2.75, 3.05) is 86.1 Å². The largest absolute Gasteiger partial charge is 0.341 e. The van der Waals surface area contributed by atoms with Gasteiger partial charge in [-0.25, -0.2) is 0 Å². The summed E-state index contributed by atoms with van der Waals surface area (Å²) in [6, 6.07) is -0.790. The smallest absolute Gasteiger partial charge is 0.245 e. The molecule has 4 amide bonds. The van der Waals surface area contributed by atoms with Crippen LogP contribution in [0.4, 0.5) is 0 Å². The topological polar surface area (TPSA) is 112 Å². The van der Waals surface area contributed by atoms with Gasteiger partial charge in [0.2, 0.25) is 23.6 Å². The maximum atomic E-state index is 14.6. The number of likely N-dealkylation sites (tertiary alicyclic amines) is 3. The molecule has 12 heteroatoms. The van der Waals surface area contributed by atoms with Gasteiger partial charge in [-0.05, 0) is 152 Å². The SMILES string of the molecule is CC(C)C[C@@H]1NCCN([C@@H](CC(C)CCC(C)C[C@@H]2NCCN([C@@H](CC(C)C)C(=O)N3CCC(CCN4CCC[C@H](C)C4)CC3)C2=O)C(=O)N2CCC3(CCC3N(C)C)CC2)C1=O. The number of nitrogens with one attached hydrogen (secondary N) is 2. The van der Waals surface area contributed by atoms with Crippen molar-refractivity contribution in [1.82, 2.24) is 40.0 Å². The van der Waals surface area contributed by atoms with Gasteiger partial charge in [-0.2, -0.15) is 0 Å². The zero-order valence-corrected chi connectivity index (χ0v) is 41.6. The first-order valence-corrected chi connectivity index (χ1v) is 26.1. The Morgan fingerprint density at radius 2 is 1.25 bits per heavy atom. The summed E-state index contributed by atoms with van der Waals surface area (Å²) in [6.07, 6.45) is 15.3. The number of hydrogen-bond donors (Lipinski definition) is 2. The van der Waals surface area contributed by atoms with Crippen LogP contribution in [0.25, 0.3) is 0 Å². The van der Waals surface area contributed by atoms with Gasteiger partial charge < -0.3 is 40.0 Å². The van der Waals surface area contributed by atoms with E-state index in [4.69, 9.17) is 0 Å². The van der Waals surface area contributed by atoms with E-state index >= 15 is 0 Å². The Hall–Kier alpha value is -2.28. The lowest BCUT2D eigenvalue weighted by Crippen LogP contribution is -2.63. The molecular formula is C51H92N8O4. The van der Waals surface area contributed by atoms with Crippen LogP contribution in [0, 0.1) is 40.9 Å². The first-order chi connectivity index (χ1) is 30.0. The average molecular weight is 881 g/mol. The van der Waals surface area contributed by atoms with E-state index in [1.807, 2.05) is 9.80 Å². The molecule has 0 aromatic rings. The van der Waals surface area contributed by atoms with Gasteiger partial charge in [0.1, 0.15) is 12.1 Å². The van der Waals surface area contributed by atoms with Gasteiger partial charge in [0.05, 0.1) is 12.1 Å². The molecule has 12 nitrogen and oxygen atoms in total. The van der Waals surface area contributed by atoms with E-state index in [2.05, 4.69) is 92.8 Å². The van der Waals surface area contributed by atoms with Gasteiger partial charge in [-0.1, -0.05) is 61.3 Å². The molecular weight excluding hydrogens is 789 g/mol. The Morgan fingerprint density at radius 1 is 0.683 bits per heavy atom. The monoisotopic (exact) mass is 881 g/mol. The van der Waals surface area contributed by atoms with Crippen molar-refractivity contribution in [3.05, 3.63) is 0 Å². The van der Waals surface area contributed by atoms with Crippen LogP contribution in [0.5, 0.6) is 0 Å². The molecule has 8 atom stereocenters. The van der Waals surface area contributed by atoms with Crippen LogP contribution in [0.3, 0.4) is 0 Å². The number of amides is 4. The van der Waals surface area contributed by atoms with Crippen LogP contribution in [-0.4, -0.2) is 169 Å². The molecule has 2 N–H and O–H groups in total. The summed E-state index contributed by atoms with van der Waals surface area (Å²) in [4.78, 5) is 70.3. The van der Waals surface area contributed by atoms with Crippen LogP contribution >= 0.6 is 0 Å². The molecule has 5 aliphatic heterocycles. The molecule has 3 unspecified atom stereocenters. The highest BCUT2D eigenvalue weighted by molar-refractivity contribution is 5.91. The van der Waals surface area contributed by atoms with Gasteiger partial charge in [-0.15, -0.1) is 0 Å². The van der Waals surface area contributed by atoms with E-state index in [1.54, 1.807) is 0 Å². The van der Waals surface area contributed by atoms with Crippen LogP contribution in [0.15, 0.2) is 0 Å². The highest BCUT2D eigenvalue weighted by Gasteiger charge is 2.50. The Balaban J connectivity index is 1.02. The summed E-state index contributed by atoms with van der Waals surface area (Å²) in [7, 11) is 4.38. The highest BCUT2D eigenvalue weighted by atomic mass is 16.2. The molecule has 0 aromatic carbocycles. The second-order valence-corrected chi connectivity index (χ2v) is 22.9. The van der Waals surface area contributed by atoms with Crippen molar-refractivity contribution < 1.29 is 19.2 Å². The standard InChI is InChI=1S/C51H92N8O4/c1-36(2)31-42-47(60)59(30-21-52-42)45(50(63)57-27-19-51(20-28-57)18-14-46(51)54(8)9)34-39(6)13-12-38(5)33-43-48(61)58(29-22-53-43)44(32-37(3)4)49(62)56-25-16-41(17-26-56)15-24-55-23-10-11-40(7)35-55/h36-46,52-53H,10-35H2,1-9H3/t38?,39?,40-,42-,43-,44-,45-,46?/m0/s1. The third-order valence-corrected chi connectivity index (χ3v) is 16.6. The fourth-order valence-electron chi connectivity index (χ4n) is 12.7. The fourth-order valence-corrected chi connectivity index (χ4v) is 12.7. The second-order valence-electron chi connectivity index (χ2n) is 22.9. The Kier molecular flexibility index (Phi) is 18.3. The lowest BCUT2D eigenvalue weighted by atomic mass is 9.59. The number of hydrogen-bond acceptors (Lipinski definition) is 8. The summed E-state index contributed by atoms with van der Waals surface area (Å²) in [5.41, 5.74) is 0.325. The van der Waals surface area contributed by atoms with Crippen molar-refractivity contribution in [1.29, 1.82) is 0 Å². The van der Waals surface area contributed by atoms with Crippen molar-refractivity contribution >= 4 is 23.6 Å². The maximum Gasteiger partial charge on any atom is 0.245 e. The maximum absolute atomic E-state index is 14.6. The quantitative estimate of drug-likeness (QED) is 0.164. The van der Waals surface area contributed by atoms with Gasteiger partial charge in [0.15, 0.2) is 0 Å². The molecule has 0 radical (unpaired) electrons. The minimum atomic E-state index is -0.445. The lowest BCUT2D eigenvalue weighted by molar-refractivity contribution is -0.152. The number of piperidine rings is 3. The number of nitrogens with zero attached hydrogens (tertiary/aromatic N) is 6. The third-order valence-electron chi connectivity index (χ3n) is 16.6. The van der Waals surface area contributed by atoms with Gasteiger partial charge in [-0.3, -0.25) is 19.2 Å². The molecule has 1 spiro atoms. The molecule has 0 aromatic heterocycles. The van der Waals surface area contributed by atoms with E-state index in [1.165, 1.54) is 51.7 Å². The second kappa shape index (κ2) is 23.0. The number of rotatable bonds is 19. The van der Waals surface area contributed by atoms with E-state index in [0.29, 0.717) is 68.2 Å². The Bertz CT molecular complexity index is 1490. The Morgan fingerprint density at radius 3 is 1.79 bits per heavy atom. The minimum absolute atomic E-state index is 0.0757.